The Morgan fingerprint density at radius 2 is 1.74 bits per heavy atom. The fourth-order valence-electron chi connectivity index (χ4n) is 4.32. The normalized spacial score (nSPS) is 12.7. The van der Waals surface area contributed by atoms with Crippen LogP contribution in [0.5, 0.6) is 0 Å². The molecule has 1 N–H and O–H groups in total. The SMILES string of the molecule is CCc1nc2ccccc2n1Cc1ccc(-c2cc(CC(C)C)sc2S(=O)(=O)NC(C)(C)C)cc1. The standard InChI is InChI=1S/C28H35N3O2S2/c1-7-26-29-24-10-8-9-11-25(24)31(26)18-20-12-14-21(15-13-20)23-17-22(16-19(2)3)34-27(23)35(32,33)30-28(4,5)6/h8-15,17,19,30H,7,16,18H2,1-6H3. The molecule has 0 saturated heterocycles. The van der Waals surface area contributed by atoms with E-state index in [9.17, 15) is 8.42 Å². The Kier molecular flexibility index (Phi) is 7.23. The quantitative estimate of drug-likeness (QED) is 0.289. The second-order valence-corrected chi connectivity index (χ2v) is 13.5. The molecule has 0 amide bonds. The van der Waals surface area contributed by atoms with Crippen molar-refractivity contribution in [2.75, 3.05) is 0 Å². The summed E-state index contributed by atoms with van der Waals surface area (Å²) in [5.41, 5.74) is 4.44. The van der Waals surface area contributed by atoms with Crippen molar-refractivity contribution in [3.05, 3.63) is 70.9 Å². The first-order valence-corrected chi connectivity index (χ1v) is 14.5. The van der Waals surface area contributed by atoms with E-state index in [1.807, 2.05) is 51.1 Å². The van der Waals surface area contributed by atoms with Crippen LogP contribution in [0.25, 0.3) is 22.2 Å². The summed E-state index contributed by atoms with van der Waals surface area (Å²) in [6.07, 6.45) is 1.72. The Morgan fingerprint density at radius 3 is 2.37 bits per heavy atom. The van der Waals surface area contributed by atoms with Crippen molar-refractivity contribution in [3.8, 4) is 11.1 Å². The Labute approximate surface area is 213 Å². The summed E-state index contributed by atoms with van der Waals surface area (Å²) in [7, 11) is -3.64. The molecule has 186 valence electrons. The van der Waals surface area contributed by atoms with Gasteiger partial charge in [0.2, 0.25) is 0 Å². The van der Waals surface area contributed by atoms with Crippen LogP contribution in [0, 0.1) is 5.92 Å². The lowest BCUT2D eigenvalue weighted by Crippen LogP contribution is -2.40. The number of para-hydroxylation sites is 2. The number of fused-ring (bicyclic) bond motifs is 1. The summed E-state index contributed by atoms with van der Waals surface area (Å²) in [6.45, 7) is 12.8. The highest BCUT2D eigenvalue weighted by atomic mass is 32.2. The maximum Gasteiger partial charge on any atom is 0.251 e. The maximum absolute atomic E-state index is 13.3. The molecule has 2 heterocycles. The molecule has 0 fully saturated rings. The van der Waals surface area contributed by atoms with Crippen LogP contribution >= 0.6 is 11.3 Å². The monoisotopic (exact) mass is 509 g/mol. The minimum Gasteiger partial charge on any atom is -0.323 e. The van der Waals surface area contributed by atoms with Gasteiger partial charge in [-0.05, 0) is 62.4 Å². The maximum atomic E-state index is 13.3. The smallest absolute Gasteiger partial charge is 0.251 e. The highest BCUT2D eigenvalue weighted by Crippen LogP contribution is 2.37. The van der Waals surface area contributed by atoms with E-state index in [4.69, 9.17) is 4.98 Å². The van der Waals surface area contributed by atoms with Crippen LogP contribution in [0.15, 0.2) is 58.8 Å². The van der Waals surface area contributed by atoms with Gasteiger partial charge < -0.3 is 4.57 Å². The van der Waals surface area contributed by atoms with Gasteiger partial charge in [0.15, 0.2) is 0 Å². The molecule has 35 heavy (non-hydrogen) atoms. The van der Waals surface area contributed by atoms with Gasteiger partial charge in [0.25, 0.3) is 10.0 Å². The summed E-state index contributed by atoms with van der Waals surface area (Å²) < 4.78 is 32.1. The van der Waals surface area contributed by atoms with E-state index in [0.29, 0.717) is 10.1 Å². The molecule has 0 radical (unpaired) electrons. The Balaban J connectivity index is 1.69. The van der Waals surface area contributed by atoms with Crippen molar-refractivity contribution in [2.24, 2.45) is 5.92 Å². The molecular weight excluding hydrogens is 474 g/mol. The largest absolute Gasteiger partial charge is 0.323 e. The highest BCUT2D eigenvalue weighted by Gasteiger charge is 2.28. The van der Waals surface area contributed by atoms with Crippen LogP contribution in [0.2, 0.25) is 0 Å². The number of sulfonamides is 1. The van der Waals surface area contributed by atoms with Crippen molar-refractivity contribution in [3.63, 3.8) is 0 Å². The Hall–Kier alpha value is -2.48. The molecule has 2 aromatic heterocycles. The summed E-state index contributed by atoms with van der Waals surface area (Å²) in [4.78, 5) is 5.87. The van der Waals surface area contributed by atoms with Crippen LogP contribution < -0.4 is 4.72 Å². The van der Waals surface area contributed by atoms with E-state index >= 15 is 0 Å². The van der Waals surface area contributed by atoms with Gasteiger partial charge >= 0.3 is 0 Å². The first-order valence-electron chi connectivity index (χ1n) is 12.2. The second kappa shape index (κ2) is 9.88. The van der Waals surface area contributed by atoms with Gasteiger partial charge in [-0.25, -0.2) is 18.1 Å². The molecule has 0 spiro atoms. The van der Waals surface area contributed by atoms with E-state index in [1.54, 1.807) is 0 Å². The predicted octanol–water partition coefficient (Wildman–Crippen LogP) is 6.65. The summed E-state index contributed by atoms with van der Waals surface area (Å²) in [6, 6.07) is 18.5. The molecule has 0 bridgehead atoms. The zero-order valence-corrected chi connectivity index (χ0v) is 23.1. The molecule has 0 unspecified atom stereocenters. The molecule has 2 aromatic carbocycles. The van der Waals surface area contributed by atoms with Gasteiger partial charge in [-0.15, -0.1) is 11.3 Å². The van der Waals surface area contributed by atoms with Crippen LogP contribution in [-0.4, -0.2) is 23.5 Å². The zero-order chi connectivity index (χ0) is 25.4. The lowest BCUT2D eigenvalue weighted by atomic mass is 10.0. The zero-order valence-electron chi connectivity index (χ0n) is 21.4. The average molecular weight is 510 g/mol. The van der Waals surface area contributed by atoms with Crippen LogP contribution in [0.3, 0.4) is 0 Å². The van der Waals surface area contributed by atoms with E-state index < -0.39 is 15.6 Å². The minimum atomic E-state index is -3.64. The van der Waals surface area contributed by atoms with Crippen molar-refractivity contribution in [1.82, 2.24) is 14.3 Å². The van der Waals surface area contributed by atoms with Crippen molar-refractivity contribution in [2.45, 2.75) is 70.7 Å². The summed E-state index contributed by atoms with van der Waals surface area (Å²) >= 11 is 1.38. The molecule has 7 heteroatoms. The van der Waals surface area contributed by atoms with E-state index in [2.05, 4.69) is 54.3 Å². The highest BCUT2D eigenvalue weighted by molar-refractivity contribution is 7.91. The molecule has 4 aromatic rings. The minimum absolute atomic E-state index is 0.393. The molecule has 0 saturated carbocycles. The number of benzene rings is 2. The molecule has 4 rings (SSSR count). The molecule has 0 aliphatic rings. The van der Waals surface area contributed by atoms with E-state index in [0.717, 1.165) is 57.8 Å². The third-order valence-corrected chi connectivity index (χ3v) is 9.15. The van der Waals surface area contributed by atoms with E-state index in [1.165, 1.54) is 11.3 Å². The van der Waals surface area contributed by atoms with E-state index in [-0.39, 0.29) is 0 Å². The van der Waals surface area contributed by atoms with Crippen molar-refractivity contribution < 1.29 is 8.42 Å². The number of aromatic nitrogens is 2. The summed E-state index contributed by atoms with van der Waals surface area (Å²) in [5, 5.41) is 0. The predicted molar refractivity (Wildman–Crippen MR) is 147 cm³/mol. The van der Waals surface area contributed by atoms with Gasteiger partial charge in [-0.3, -0.25) is 0 Å². The van der Waals surface area contributed by atoms with Gasteiger partial charge in [0, 0.05) is 28.9 Å². The topological polar surface area (TPSA) is 64.0 Å². The Morgan fingerprint density at radius 1 is 1.06 bits per heavy atom. The Bertz CT molecular complexity index is 1420. The number of thiophene rings is 1. The lowest BCUT2D eigenvalue weighted by Gasteiger charge is -2.20. The third kappa shape index (κ3) is 5.85. The van der Waals surface area contributed by atoms with Crippen molar-refractivity contribution in [1.29, 1.82) is 0 Å². The third-order valence-electron chi connectivity index (χ3n) is 5.70. The van der Waals surface area contributed by atoms with Crippen LogP contribution in [-0.2, 0) is 29.4 Å². The number of rotatable bonds is 8. The second-order valence-electron chi connectivity index (χ2n) is 10.5. The van der Waals surface area contributed by atoms with Gasteiger partial charge in [-0.2, -0.15) is 0 Å². The molecule has 5 nitrogen and oxygen atoms in total. The molecule has 0 aliphatic carbocycles. The summed E-state index contributed by atoms with van der Waals surface area (Å²) in [5.74, 6) is 1.51. The lowest BCUT2D eigenvalue weighted by molar-refractivity contribution is 0.493. The van der Waals surface area contributed by atoms with Gasteiger partial charge in [-0.1, -0.05) is 57.2 Å². The number of aryl methyl sites for hydroxylation is 1. The molecule has 0 aliphatic heterocycles. The van der Waals surface area contributed by atoms with Gasteiger partial charge in [0.05, 0.1) is 11.0 Å². The van der Waals surface area contributed by atoms with Crippen molar-refractivity contribution >= 4 is 32.4 Å². The molecule has 0 atom stereocenters. The van der Waals surface area contributed by atoms with Crippen LogP contribution in [0.1, 0.15) is 57.8 Å². The number of hydrogen-bond acceptors (Lipinski definition) is 4. The van der Waals surface area contributed by atoms with Crippen LogP contribution in [0.4, 0.5) is 0 Å². The first kappa shape index (κ1) is 25.6. The molecular formula is C28H35N3O2S2. The number of imidazole rings is 1. The number of nitrogens with one attached hydrogen (secondary N) is 1. The average Bonchev–Trinajstić information content (AvgIpc) is 3.34. The fraction of sp³-hybridized carbons (Fsp3) is 0.393. The van der Waals surface area contributed by atoms with Gasteiger partial charge in [0.1, 0.15) is 10.0 Å². The number of nitrogens with zero attached hydrogens (tertiary/aromatic N) is 2. The number of hydrogen-bond donors (Lipinski definition) is 1. The fourth-order valence-corrected chi connectivity index (χ4v) is 7.69. The first-order chi connectivity index (χ1) is 16.5.